The Morgan fingerprint density at radius 3 is 2.63 bits per heavy atom. The molecular formula is C30H37ClN6O. The average Bonchev–Trinajstić information content (AvgIpc) is 3.49. The summed E-state index contributed by atoms with van der Waals surface area (Å²) < 4.78 is 6.48. The first-order valence-electron chi connectivity index (χ1n) is 14.2. The number of rotatable bonds is 7. The van der Waals surface area contributed by atoms with Gasteiger partial charge < -0.3 is 19.9 Å². The van der Waals surface area contributed by atoms with Crippen molar-refractivity contribution in [3.63, 3.8) is 0 Å². The van der Waals surface area contributed by atoms with E-state index in [9.17, 15) is 0 Å². The Kier molecular flexibility index (Phi) is 6.33. The van der Waals surface area contributed by atoms with Crippen LogP contribution in [-0.4, -0.2) is 73.3 Å². The molecule has 8 heteroatoms. The molecule has 3 fully saturated rings. The van der Waals surface area contributed by atoms with Crippen LogP contribution in [0.2, 0.25) is 5.02 Å². The normalized spacial score (nSPS) is 20.8. The molecule has 7 rings (SSSR count). The van der Waals surface area contributed by atoms with Gasteiger partial charge in [-0.05, 0) is 62.7 Å². The minimum atomic E-state index is 0.175. The number of ether oxygens (including phenoxy) is 1. The lowest BCUT2D eigenvalue weighted by atomic mass is 9.95. The quantitative estimate of drug-likeness (QED) is 0.480. The van der Waals surface area contributed by atoms with Gasteiger partial charge >= 0.3 is 6.01 Å². The second-order valence-corrected chi connectivity index (χ2v) is 12.1. The molecule has 0 unspecified atom stereocenters. The number of nitrogens with zero attached hydrogens (tertiary/aromatic N) is 5. The fourth-order valence-electron chi connectivity index (χ4n) is 7.13. The molecule has 0 bridgehead atoms. The second kappa shape index (κ2) is 9.85. The van der Waals surface area contributed by atoms with E-state index in [1.165, 1.54) is 55.4 Å². The van der Waals surface area contributed by atoms with Crippen molar-refractivity contribution in [1.29, 1.82) is 0 Å². The molecule has 0 radical (unpaired) electrons. The Labute approximate surface area is 230 Å². The molecule has 4 aliphatic rings. The van der Waals surface area contributed by atoms with Crippen molar-refractivity contribution < 1.29 is 4.74 Å². The molecule has 1 N–H and O–H groups in total. The van der Waals surface area contributed by atoms with Gasteiger partial charge in [-0.1, -0.05) is 35.9 Å². The lowest BCUT2D eigenvalue weighted by Crippen LogP contribution is -2.48. The van der Waals surface area contributed by atoms with E-state index < -0.39 is 0 Å². The number of fused-ring (bicyclic) bond motifs is 3. The Balaban J connectivity index is 1.21. The van der Waals surface area contributed by atoms with Crippen molar-refractivity contribution >= 4 is 33.9 Å². The molecule has 2 aromatic carbocycles. The van der Waals surface area contributed by atoms with E-state index in [2.05, 4.69) is 51.3 Å². The first-order valence-corrected chi connectivity index (χ1v) is 14.6. The van der Waals surface area contributed by atoms with Crippen LogP contribution in [0.4, 0.5) is 11.5 Å². The van der Waals surface area contributed by atoms with E-state index in [-0.39, 0.29) is 5.54 Å². The van der Waals surface area contributed by atoms with E-state index in [0.717, 1.165) is 61.1 Å². The van der Waals surface area contributed by atoms with Crippen molar-refractivity contribution in [2.45, 2.75) is 44.2 Å². The number of nitrogens with one attached hydrogen (secondary N) is 1. The van der Waals surface area contributed by atoms with E-state index in [1.54, 1.807) is 0 Å². The molecule has 0 amide bonds. The van der Waals surface area contributed by atoms with Crippen LogP contribution in [0.3, 0.4) is 0 Å². The largest absolute Gasteiger partial charge is 0.461 e. The highest BCUT2D eigenvalue weighted by Crippen LogP contribution is 2.40. The maximum atomic E-state index is 6.70. The van der Waals surface area contributed by atoms with Crippen molar-refractivity contribution in [3.05, 3.63) is 52.7 Å². The first-order chi connectivity index (χ1) is 18.6. The Morgan fingerprint density at radius 1 is 1.08 bits per heavy atom. The lowest BCUT2D eigenvalue weighted by molar-refractivity contribution is 0.107. The van der Waals surface area contributed by atoms with Gasteiger partial charge in [0.05, 0.1) is 22.8 Å². The predicted octanol–water partition coefficient (Wildman–Crippen LogP) is 4.51. The Bertz CT molecular complexity index is 1330. The third-order valence-corrected chi connectivity index (χ3v) is 9.55. The monoisotopic (exact) mass is 532 g/mol. The summed E-state index contributed by atoms with van der Waals surface area (Å²) in [6.07, 6.45) is 5.86. The summed E-state index contributed by atoms with van der Waals surface area (Å²) >= 11 is 6.70. The van der Waals surface area contributed by atoms with Gasteiger partial charge in [0.1, 0.15) is 12.4 Å². The van der Waals surface area contributed by atoms with Gasteiger partial charge in [-0.25, -0.2) is 0 Å². The first kappa shape index (κ1) is 24.4. The number of benzene rings is 2. The van der Waals surface area contributed by atoms with Gasteiger partial charge in [0.2, 0.25) is 0 Å². The molecule has 0 saturated carbocycles. The maximum Gasteiger partial charge on any atom is 0.318 e. The third-order valence-electron chi connectivity index (χ3n) is 9.24. The molecular weight excluding hydrogens is 496 g/mol. The van der Waals surface area contributed by atoms with Crippen LogP contribution in [-0.2, 0) is 13.0 Å². The fraction of sp³-hybridized carbons (Fsp3) is 0.533. The van der Waals surface area contributed by atoms with Crippen LogP contribution in [0.1, 0.15) is 36.9 Å². The number of halogens is 1. The van der Waals surface area contributed by atoms with Crippen molar-refractivity contribution in [1.82, 2.24) is 20.2 Å². The zero-order chi connectivity index (χ0) is 25.7. The highest BCUT2D eigenvalue weighted by atomic mass is 35.5. The van der Waals surface area contributed by atoms with Crippen LogP contribution in [0.15, 0.2) is 36.4 Å². The van der Waals surface area contributed by atoms with E-state index in [0.29, 0.717) is 18.5 Å². The van der Waals surface area contributed by atoms with Crippen LogP contribution in [0.5, 0.6) is 6.01 Å². The topological polar surface area (TPSA) is 56.8 Å². The van der Waals surface area contributed by atoms with Crippen molar-refractivity contribution in [2.24, 2.45) is 5.92 Å². The number of hydrogen-bond donors (Lipinski definition) is 1. The summed E-state index contributed by atoms with van der Waals surface area (Å²) in [5.74, 6) is 1.71. The number of anilines is 2. The molecule has 0 spiro atoms. The molecule has 1 aromatic heterocycles. The molecule has 7 nitrogen and oxygen atoms in total. The van der Waals surface area contributed by atoms with E-state index >= 15 is 0 Å². The molecule has 3 aromatic rings. The molecule has 4 aliphatic heterocycles. The van der Waals surface area contributed by atoms with Gasteiger partial charge in [0.15, 0.2) is 0 Å². The maximum absolute atomic E-state index is 6.70. The van der Waals surface area contributed by atoms with Crippen molar-refractivity contribution in [3.8, 4) is 6.01 Å². The van der Waals surface area contributed by atoms with Gasteiger partial charge in [-0.3, -0.25) is 4.90 Å². The average molecular weight is 533 g/mol. The molecule has 5 heterocycles. The Morgan fingerprint density at radius 2 is 1.87 bits per heavy atom. The fourth-order valence-corrected chi connectivity index (χ4v) is 7.40. The van der Waals surface area contributed by atoms with Gasteiger partial charge in [0.25, 0.3) is 0 Å². The predicted molar refractivity (Wildman–Crippen MR) is 154 cm³/mol. The molecule has 0 aliphatic carbocycles. The van der Waals surface area contributed by atoms with Gasteiger partial charge in [-0.2, -0.15) is 9.97 Å². The minimum absolute atomic E-state index is 0.175. The second-order valence-electron chi connectivity index (χ2n) is 11.7. The van der Waals surface area contributed by atoms with Crippen molar-refractivity contribution in [2.75, 3.05) is 62.7 Å². The van der Waals surface area contributed by atoms with Crippen LogP contribution in [0.25, 0.3) is 10.8 Å². The zero-order valence-electron chi connectivity index (χ0n) is 22.3. The van der Waals surface area contributed by atoms with Crippen LogP contribution < -0.4 is 19.9 Å². The zero-order valence-corrected chi connectivity index (χ0v) is 23.0. The van der Waals surface area contributed by atoms with Gasteiger partial charge in [-0.15, -0.1) is 0 Å². The highest BCUT2D eigenvalue weighted by molar-refractivity contribution is 6.36. The summed E-state index contributed by atoms with van der Waals surface area (Å²) in [4.78, 5) is 17.5. The smallest absolute Gasteiger partial charge is 0.318 e. The molecule has 0 atom stereocenters. The summed E-state index contributed by atoms with van der Waals surface area (Å²) in [5, 5.41) is 6.47. The molecule has 3 saturated heterocycles. The van der Waals surface area contributed by atoms with Gasteiger partial charge in [0, 0.05) is 55.8 Å². The lowest BCUT2D eigenvalue weighted by Gasteiger charge is -2.36. The van der Waals surface area contributed by atoms with E-state index in [1.807, 2.05) is 12.1 Å². The number of aromatic nitrogens is 2. The third kappa shape index (κ3) is 4.29. The SMILES string of the molecule is CN(CC1CNC1)c1nc(OCC23CCCN2CCC3)nc2c1CCN(c1cccc3cccc(Cl)c13)C2. The minimum Gasteiger partial charge on any atom is -0.461 e. The Hall–Kier alpha value is -2.61. The standard InChI is InChI=1S/C30H37ClN6O/c1-35(18-21-16-32-17-21)28-23-10-15-36(26-9-3-7-22-6-2-8-24(31)27(22)26)19-25(23)33-29(34-28)38-20-30-11-4-13-37(30)14-5-12-30/h2-3,6-9,21,32H,4-5,10-20H2,1H3. The summed E-state index contributed by atoms with van der Waals surface area (Å²) in [6, 6.07) is 13.1. The van der Waals surface area contributed by atoms with E-state index in [4.69, 9.17) is 26.3 Å². The van der Waals surface area contributed by atoms with Crippen LogP contribution in [0, 0.1) is 5.92 Å². The molecule has 38 heavy (non-hydrogen) atoms. The van der Waals surface area contributed by atoms with Crippen LogP contribution >= 0.6 is 11.6 Å². The summed E-state index contributed by atoms with van der Waals surface area (Å²) in [6.45, 7) is 7.86. The number of hydrogen-bond acceptors (Lipinski definition) is 7. The summed E-state index contributed by atoms with van der Waals surface area (Å²) in [7, 11) is 2.18. The highest BCUT2D eigenvalue weighted by Gasteiger charge is 2.45. The molecule has 200 valence electrons. The summed E-state index contributed by atoms with van der Waals surface area (Å²) in [5.41, 5.74) is 3.68.